The SMILES string of the molecule is CCCCOC(=O)C(Cl)(Cl)CC(Cl)C#N. The van der Waals surface area contributed by atoms with Crippen LogP contribution >= 0.6 is 34.8 Å². The van der Waals surface area contributed by atoms with Crippen molar-refractivity contribution in [2.24, 2.45) is 0 Å². The Kier molecular flexibility index (Phi) is 7.08. The van der Waals surface area contributed by atoms with Gasteiger partial charge in [0.15, 0.2) is 0 Å². The Bertz CT molecular complexity index is 250. The molecular formula is C9H12Cl3NO2. The fourth-order valence-corrected chi connectivity index (χ4v) is 1.58. The summed E-state index contributed by atoms with van der Waals surface area (Å²) in [6.45, 7) is 2.24. The van der Waals surface area contributed by atoms with Crippen LogP contribution in [0.15, 0.2) is 0 Å². The number of ether oxygens (including phenoxy) is 1. The van der Waals surface area contributed by atoms with E-state index in [0.717, 1.165) is 12.8 Å². The van der Waals surface area contributed by atoms with Gasteiger partial charge in [0.25, 0.3) is 0 Å². The van der Waals surface area contributed by atoms with Crippen LogP contribution in [0.25, 0.3) is 0 Å². The van der Waals surface area contributed by atoms with Gasteiger partial charge in [-0.2, -0.15) is 5.26 Å². The minimum atomic E-state index is -1.74. The van der Waals surface area contributed by atoms with E-state index >= 15 is 0 Å². The van der Waals surface area contributed by atoms with Gasteiger partial charge < -0.3 is 4.74 Å². The third-order valence-electron chi connectivity index (χ3n) is 1.61. The molecule has 0 heterocycles. The molecule has 15 heavy (non-hydrogen) atoms. The molecule has 0 aliphatic rings. The lowest BCUT2D eigenvalue weighted by Gasteiger charge is -2.17. The number of halogens is 3. The summed E-state index contributed by atoms with van der Waals surface area (Å²) in [6.07, 6.45) is 1.50. The molecule has 1 unspecified atom stereocenters. The van der Waals surface area contributed by atoms with E-state index < -0.39 is 15.7 Å². The van der Waals surface area contributed by atoms with Crippen molar-refractivity contribution in [2.75, 3.05) is 6.61 Å². The molecule has 0 saturated heterocycles. The largest absolute Gasteiger partial charge is 0.463 e. The summed E-state index contributed by atoms with van der Waals surface area (Å²) in [5.41, 5.74) is 0. The van der Waals surface area contributed by atoms with Crippen LogP contribution in [0.1, 0.15) is 26.2 Å². The highest BCUT2D eigenvalue weighted by Crippen LogP contribution is 2.30. The van der Waals surface area contributed by atoms with E-state index in [1.165, 1.54) is 0 Å². The van der Waals surface area contributed by atoms with E-state index in [1.54, 1.807) is 6.07 Å². The van der Waals surface area contributed by atoms with Crippen molar-refractivity contribution in [2.45, 2.75) is 35.9 Å². The van der Waals surface area contributed by atoms with Crippen molar-refractivity contribution < 1.29 is 9.53 Å². The second kappa shape index (κ2) is 7.16. The molecule has 0 spiro atoms. The third kappa shape index (κ3) is 6.09. The number of hydrogen-bond donors (Lipinski definition) is 0. The predicted molar refractivity (Wildman–Crippen MR) is 60.2 cm³/mol. The average Bonchev–Trinajstić information content (AvgIpc) is 2.17. The standard InChI is InChI=1S/C9H12Cl3NO2/c1-2-3-4-15-8(14)9(11,12)5-7(10)6-13/h7H,2-5H2,1H3. The number of nitrogens with zero attached hydrogens (tertiary/aromatic N) is 1. The van der Waals surface area contributed by atoms with Crippen molar-refractivity contribution in [1.82, 2.24) is 0 Å². The van der Waals surface area contributed by atoms with Crippen LogP contribution < -0.4 is 0 Å². The smallest absolute Gasteiger partial charge is 0.342 e. The molecule has 1 atom stereocenters. The van der Waals surface area contributed by atoms with Gasteiger partial charge in [0.1, 0.15) is 5.38 Å². The first-order chi connectivity index (χ1) is 6.94. The Morgan fingerprint density at radius 3 is 2.67 bits per heavy atom. The number of carbonyl (C=O) groups is 1. The minimum absolute atomic E-state index is 0.154. The zero-order valence-electron chi connectivity index (χ0n) is 8.30. The molecule has 0 fully saturated rings. The molecule has 0 aliphatic heterocycles. The number of esters is 1. The summed E-state index contributed by atoms with van der Waals surface area (Å²) < 4.78 is 3.08. The van der Waals surface area contributed by atoms with E-state index in [9.17, 15) is 4.79 Å². The number of nitriles is 1. The van der Waals surface area contributed by atoms with Crippen LogP contribution in [-0.2, 0) is 9.53 Å². The lowest BCUT2D eigenvalue weighted by Crippen LogP contribution is -2.31. The van der Waals surface area contributed by atoms with Gasteiger partial charge in [0.05, 0.1) is 12.7 Å². The number of alkyl halides is 3. The number of unbranched alkanes of at least 4 members (excludes halogenated alkanes) is 1. The molecule has 0 bridgehead atoms. The van der Waals surface area contributed by atoms with Crippen molar-refractivity contribution in [3.05, 3.63) is 0 Å². The van der Waals surface area contributed by atoms with Gasteiger partial charge in [-0.1, -0.05) is 36.5 Å². The maximum atomic E-state index is 11.3. The quantitative estimate of drug-likeness (QED) is 0.424. The fraction of sp³-hybridized carbons (Fsp3) is 0.778. The molecule has 6 heteroatoms. The van der Waals surface area contributed by atoms with Crippen molar-refractivity contribution >= 4 is 40.8 Å². The summed E-state index contributed by atoms with van der Waals surface area (Å²) in [6, 6.07) is 1.73. The van der Waals surface area contributed by atoms with Gasteiger partial charge in [-0.15, -0.1) is 11.6 Å². The summed E-state index contributed by atoms with van der Waals surface area (Å²) in [4.78, 5) is 11.3. The molecule has 0 radical (unpaired) electrons. The summed E-state index contributed by atoms with van der Waals surface area (Å²) in [5.74, 6) is -0.750. The molecule has 0 N–H and O–H groups in total. The number of rotatable bonds is 6. The first-order valence-electron chi connectivity index (χ1n) is 4.52. The highest BCUT2D eigenvalue weighted by molar-refractivity contribution is 6.57. The second-order valence-electron chi connectivity index (χ2n) is 2.99. The third-order valence-corrected chi connectivity index (χ3v) is 2.47. The Morgan fingerprint density at radius 2 is 2.20 bits per heavy atom. The van der Waals surface area contributed by atoms with E-state index in [1.807, 2.05) is 6.92 Å². The van der Waals surface area contributed by atoms with Gasteiger partial charge in [0.2, 0.25) is 4.33 Å². The summed E-state index contributed by atoms with van der Waals surface area (Å²) in [5, 5.41) is 7.54. The van der Waals surface area contributed by atoms with Crippen LogP contribution in [0.5, 0.6) is 0 Å². The zero-order chi connectivity index (χ0) is 11.9. The molecule has 0 aliphatic carbocycles. The molecule has 0 rings (SSSR count). The fourth-order valence-electron chi connectivity index (χ4n) is 0.769. The monoisotopic (exact) mass is 271 g/mol. The highest BCUT2D eigenvalue weighted by atomic mass is 35.5. The second-order valence-corrected chi connectivity index (χ2v) is 5.01. The van der Waals surface area contributed by atoms with Crippen LogP contribution in [0.2, 0.25) is 0 Å². The Labute approximate surface area is 104 Å². The maximum absolute atomic E-state index is 11.3. The van der Waals surface area contributed by atoms with Crippen molar-refractivity contribution in [3.8, 4) is 6.07 Å². The normalized spacial score (nSPS) is 13.0. The van der Waals surface area contributed by atoms with Gasteiger partial charge in [-0.25, -0.2) is 4.79 Å². The van der Waals surface area contributed by atoms with E-state index in [2.05, 4.69) is 0 Å². The number of hydrogen-bond acceptors (Lipinski definition) is 3. The van der Waals surface area contributed by atoms with Gasteiger partial charge in [-0.05, 0) is 6.42 Å². The molecular weight excluding hydrogens is 260 g/mol. The Hall–Kier alpha value is -0.170. The van der Waals surface area contributed by atoms with Gasteiger partial charge >= 0.3 is 5.97 Å². The molecule has 0 aromatic rings. The minimum Gasteiger partial charge on any atom is -0.463 e. The number of carbonyl (C=O) groups excluding carboxylic acids is 1. The zero-order valence-corrected chi connectivity index (χ0v) is 10.6. The lowest BCUT2D eigenvalue weighted by atomic mass is 10.2. The van der Waals surface area contributed by atoms with Gasteiger partial charge in [-0.3, -0.25) is 0 Å². The van der Waals surface area contributed by atoms with E-state index in [-0.39, 0.29) is 13.0 Å². The maximum Gasteiger partial charge on any atom is 0.342 e. The first-order valence-corrected chi connectivity index (χ1v) is 5.72. The van der Waals surface area contributed by atoms with E-state index in [4.69, 9.17) is 44.8 Å². The topological polar surface area (TPSA) is 50.1 Å². The Balaban J connectivity index is 4.09. The summed E-state index contributed by atoms with van der Waals surface area (Å²) in [7, 11) is 0. The molecule has 0 aromatic heterocycles. The van der Waals surface area contributed by atoms with Crippen LogP contribution in [-0.4, -0.2) is 22.3 Å². The molecule has 0 saturated carbocycles. The molecule has 0 aromatic carbocycles. The predicted octanol–water partition coefficient (Wildman–Crippen LogP) is 3.02. The van der Waals surface area contributed by atoms with E-state index in [0.29, 0.717) is 0 Å². The molecule has 0 amide bonds. The lowest BCUT2D eigenvalue weighted by molar-refractivity contribution is -0.144. The van der Waals surface area contributed by atoms with Gasteiger partial charge in [0, 0.05) is 6.42 Å². The highest BCUT2D eigenvalue weighted by Gasteiger charge is 2.37. The average molecular weight is 273 g/mol. The molecule has 3 nitrogen and oxygen atoms in total. The van der Waals surface area contributed by atoms with Crippen LogP contribution in [0.4, 0.5) is 0 Å². The van der Waals surface area contributed by atoms with Crippen molar-refractivity contribution in [1.29, 1.82) is 5.26 Å². The van der Waals surface area contributed by atoms with Crippen molar-refractivity contribution in [3.63, 3.8) is 0 Å². The van der Waals surface area contributed by atoms with Crippen LogP contribution in [0.3, 0.4) is 0 Å². The first kappa shape index (κ1) is 14.8. The Morgan fingerprint density at radius 1 is 1.60 bits per heavy atom. The summed E-state index contributed by atoms with van der Waals surface area (Å²) >= 11 is 16.9. The molecule has 86 valence electrons. The van der Waals surface area contributed by atoms with Crippen LogP contribution in [0, 0.1) is 11.3 Å².